The molecule has 1 aromatic carbocycles. The number of benzene rings is 1. The third-order valence-electron chi connectivity index (χ3n) is 2.72. The largest absolute Gasteiger partial charge is 0.496 e. The van der Waals surface area contributed by atoms with E-state index in [4.69, 9.17) is 9.39 Å². The monoisotopic (exact) mass is 290 g/mol. The molecule has 0 fully saturated rings. The van der Waals surface area contributed by atoms with Gasteiger partial charge in [0, 0.05) is 5.46 Å². The molecule has 1 aliphatic rings. The second kappa shape index (κ2) is 5.33. The minimum Gasteiger partial charge on any atom is -0.496 e. The van der Waals surface area contributed by atoms with Crippen molar-refractivity contribution >= 4 is 18.6 Å². The highest BCUT2D eigenvalue weighted by Crippen LogP contribution is 2.24. The molecule has 0 spiro atoms. The maximum absolute atomic E-state index is 12.0. The van der Waals surface area contributed by atoms with E-state index in [9.17, 15) is 23.0 Å². The van der Waals surface area contributed by atoms with Crippen molar-refractivity contribution in [1.29, 1.82) is 0 Å². The van der Waals surface area contributed by atoms with Crippen molar-refractivity contribution in [3.05, 3.63) is 23.3 Å². The predicted octanol–water partition coefficient (Wildman–Crippen LogP) is 0.632. The summed E-state index contributed by atoms with van der Waals surface area (Å²) in [6, 6.07) is 2.75. The van der Waals surface area contributed by atoms with Crippen LogP contribution in [0.25, 0.3) is 0 Å². The quantitative estimate of drug-likeness (QED) is 0.653. The third kappa shape index (κ3) is 2.88. The Kier molecular flexibility index (Phi) is 3.91. The number of alkyl halides is 3. The molecule has 0 aromatic heterocycles. The van der Waals surface area contributed by atoms with Gasteiger partial charge in [-0.15, -0.1) is 0 Å². The molecule has 108 valence electrons. The Morgan fingerprint density at radius 1 is 1.50 bits per heavy atom. The molecule has 0 amide bonds. The number of carbonyl (C=O) groups excluding carboxylic acids is 1. The zero-order chi connectivity index (χ0) is 14.9. The molecule has 2 rings (SSSR count). The molecule has 9 heteroatoms. The minimum atomic E-state index is -4.61. The summed E-state index contributed by atoms with van der Waals surface area (Å²) >= 11 is 0. The molecular formula is C11H10BF3O5. The molecule has 0 aliphatic carbocycles. The molecule has 0 saturated carbocycles. The maximum Gasteiger partial charge on any atom is 0.495 e. The Balaban J connectivity index is 2.29. The number of ether oxygens (including phenoxy) is 2. The fourth-order valence-corrected chi connectivity index (χ4v) is 1.89. The summed E-state index contributed by atoms with van der Waals surface area (Å²) in [5.74, 6) is -1.22. The van der Waals surface area contributed by atoms with Gasteiger partial charge in [0.2, 0.25) is 0 Å². The summed E-state index contributed by atoms with van der Waals surface area (Å²) in [6.07, 6.45) is -4.61. The van der Waals surface area contributed by atoms with Gasteiger partial charge in [-0.25, -0.2) is 4.79 Å². The second-order valence-electron chi connectivity index (χ2n) is 4.07. The number of fused-ring (bicyclic) bond motifs is 1. The molecule has 5 nitrogen and oxygen atoms in total. The highest BCUT2D eigenvalue weighted by molar-refractivity contribution is 6.62. The van der Waals surface area contributed by atoms with Gasteiger partial charge >= 0.3 is 19.3 Å². The summed E-state index contributed by atoms with van der Waals surface area (Å²) < 4.78 is 50.2. The first kappa shape index (κ1) is 14.7. The van der Waals surface area contributed by atoms with Crippen LogP contribution in [-0.4, -0.2) is 38.0 Å². The normalized spacial score (nSPS) is 14.2. The fraction of sp³-hybridized carbons (Fsp3) is 0.364. The molecule has 20 heavy (non-hydrogen) atoms. The Morgan fingerprint density at radius 2 is 2.20 bits per heavy atom. The van der Waals surface area contributed by atoms with Crippen molar-refractivity contribution in [3.63, 3.8) is 0 Å². The fourth-order valence-electron chi connectivity index (χ4n) is 1.89. The van der Waals surface area contributed by atoms with Gasteiger partial charge < -0.3 is 19.2 Å². The SMILES string of the molecule is COc1c(C(=O)OCC(F)(F)F)ccc2c1B(O)OC2. The van der Waals surface area contributed by atoms with Gasteiger partial charge in [0.05, 0.1) is 13.7 Å². The Labute approximate surface area is 112 Å². The summed E-state index contributed by atoms with van der Waals surface area (Å²) in [5, 5.41) is 9.62. The van der Waals surface area contributed by atoms with Gasteiger partial charge in [-0.1, -0.05) is 6.07 Å². The summed E-state index contributed by atoms with van der Waals surface area (Å²) in [6.45, 7) is -1.56. The Hall–Kier alpha value is -1.74. The van der Waals surface area contributed by atoms with Crippen LogP contribution in [0.2, 0.25) is 0 Å². The number of methoxy groups -OCH3 is 1. The van der Waals surface area contributed by atoms with Crippen molar-refractivity contribution in [2.45, 2.75) is 12.8 Å². The van der Waals surface area contributed by atoms with Crippen LogP contribution < -0.4 is 10.2 Å². The van der Waals surface area contributed by atoms with Crippen molar-refractivity contribution in [3.8, 4) is 5.75 Å². The lowest BCUT2D eigenvalue weighted by Crippen LogP contribution is -2.31. The van der Waals surface area contributed by atoms with Crippen LogP contribution >= 0.6 is 0 Å². The van der Waals surface area contributed by atoms with Gasteiger partial charge in [0.25, 0.3) is 0 Å². The average molecular weight is 290 g/mol. The van der Waals surface area contributed by atoms with Crippen LogP contribution in [0.4, 0.5) is 13.2 Å². The van der Waals surface area contributed by atoms with Crippen molar-refractivity contribution < 1.29 is 37.1 Å². The molecule has 1 N–H and O–H groups in total. The standard InChI is InChI=1S/C11H10BF3O5/c1-18-9-7(10(16)19-5-11(13,14)15)3-2-6-4-20-12(17)8(6)9/h2-3,17H,4-5H2,1H3. The summed E-state index contributed by atoms with van der Waals surface area (Å²) in [5.41, 5.74) is 0.635. The van der Waals surface area contributed by atoms with Gasteiger partial charge in [-0.2, -0.15) is 13.2 Å². The van der Waals surface area contributed by atoms with Crippen molar-refractivity contribution in [1.82, 2.24) is 0 Å². The lowest BCUT2D eigenvalue weighted by Gasteiger charge is -2.13. The zero-order valence-corrected chi connectivity index (χ0v) is 10.4. The lowest BCUT2D eigenvalue weighted by molar-refractivity contribution is -0.161. The van der Waals surface area contributed by atoms with Crippen LogP contribution in [0.3, 0.4) is 0 Å². The van der Waals surface area contributed by atoms with E-state index in [0.717, 1.165) is 0 Å². The first-order valence-corrected chi connectivity index (χ1v) is 5.57. The van der Waals surface area contributed by atoms with Gasteiger partial charge in [0.1, 0.15) is 11.3 Å². The van der Waals surface area contributed by atoms with Gasteiger partial charge in [-0.3, -0.25) is 0 Å². The van der Waals surface area contributed by atoms with Gasteiger partial charge in [-0.05, 0) is 11.6 Å². The first-order valence-electron chi connectivity index (χ1n) is 5.57. The smallest absolute Gasteiger partial charge is 0.495 e. The highest BCUT2D eigenvalue weighted by Gasteiger charge is 2.35. The highest BCUT2D eigenvalue weighted by atomic mass is 19.4. The van der Waals surface area contributed by atoms with E-state index >= 15 is 0 Å². The third-order valence-corrected chi connectivity index (χ3v) is 2.72. The van der Waals surface area contributed by atoms with Crippen molar-refractivity contribution in [2.75, 3.05) is 13.7 Å². The Morgan fingerprint density at radius 3 is 2.80 bits per heavy atom. The van der Waals surface area contributed by atoms with E-state index in [1.807, 2.05) is 0 Å². The molecule has 0 atom stereocenters. The van der Waals surface area contributed by atoms with E-state index in [0.29, 0.717) is 5.56 Å². The molecular weight excluding hydrogens is 280 g/mol. The number of halogens is 3. The van der Waals surface area contributed by atoms with E-state index in [-0.39, 0.29) is 23.4 Å². The average Bonchev–Trinajstić information content (AvgIpc) is 2.76. The molecule has 1 aromatic rings. The summed E-state index contributed by atoms with van der Waals surface area (Å²) in [4.78, 5) is 11.7. The van der Waals surface area contributed by atoms with Crippen LogP contribution in [0.15, 0.2) is 12.1 Å². The van der Waals surface area contributed by atoms with Crippen LogP contribution in [0.5, 0.6) is 5.75 Å². The van der Waals surface area contributed by atoms with Crippen LogP contribution in [-0.2, 0) is 16.0 Å². The first-order chi connectivity index (χ1) is 9.33. The number of hydrogen-bond acceptors (Lipinski definition) is 5. The number of esters is 1. The topological polar surface area (TPSA) is 65.0 Å². The minimum absolute atomic E-state index is 0.0420. The van der Waals surface area contributed by atoms with Crippen LogP contribution in [0, 0.1) is 0 Å². The van der Waals surface area contributed by atoms with Gasteiger partial charge in [0.15, 0.2) is 6.61 Å². The number of hydrogen-bond donors (Lipinski definition) is 1. The van der Waals surface area contributed by atoms with Crippen molar-refractivity contribution in [2.24, 2.45) is 0 Å². The molecule has 0 radical (unpaired) electrons. The predicted molar refractivity (Wildman–Crippen MR) is 61.7 cm³/mol. The van der Waals surface area contributed by atoms with Crippen LogP contribution in [0.1, 0.15) is 15.9 Å². The zero-order valence-electron chi connectivity index (χ0n) is 10.4. The maximum atomic E-state index is 12.0. The lowest BCUT2D eigenvalue weighted by atomic mass is 9.77. The van der Waals surface area contributed by atoms with E-state index in [1.54, 1.807) is 0 Å². The molecule has 1 heterocycles. The molecule has 0 unspecified atom stereocenters. The van der Waals surface area contributed by atoms with E-state index in [2.05, 4.69) is 4.74 Å². The summed E-state index contributed by atoms with van der Waals surface area (Å²) in [7, 11) is -0.0448. The molecule has 1 aliphatic heterocycles. The number of rotatable bonds is 3. The molecule has 0 saturated heterocycles. The molecule has 0 bridgehead atoms. The second-order valence-corrected chi connectivity index (χ2v) is 4.07. The van der Waals surface area contributed by atoms with E-state index < -0.39 is 25.9 Å². The number of carbonyl (C=O) groups is 1. The van der Waals surface area contributed by atoms with E-state index in [1.165, 1.54) is 19.2 Å². The Bertz CT molecular complexity index is 532.